The summed E-state index contributed by atoms with van der Waals surface area (Å²) in [6.07, 6.45) is -5.92. The lowest BCUT2D eigenvalue weighted by molar-refractivity contribution is -0.137. The van der Waals surface area contributed by atoms with E-state index in [1.807, 2.05) is 0 Å². The van der Waals surface area contributed by atoms with Gasteiger partial charge in [-0.25, -0.2) is 9.59 Å². The largest absolute Gasteiger partial charge is 0.465 e. The van der Waals surface area contributed by atoms with Crippen LogP contribution in [0.1, 0.15) is 33.5 Å². The van der Waals surface area contributed by atoms with Crippen LogP contribution in [0.5, 0.6) is 0 Å². The number of nitrogens with zero attached hydrogens (tertiary/aromatic N) is 2. The lowest BCUT2D eigenvalue weighted by atomic mass is 9.93. The van der Waals surface area contributed by atoms with E-state index in [9.17, 15) is 27.6 Å². The number of guanidine groups is 1. The van der Waals surface area contributed by atoms with E-state index < -0.39 is 41.4 Å². The van der Waals surface area contributed by atoms with E-state index in [-0.39, 0.29) is 42.2 Å². The third-order valence-electron chi connectivity index (χ3n) is 5.23. The van der Waals surface area contributed by atoms with Gasteiger partial charge in [-0.05, 0) is 35.3 Å². The predicted molar refractivity (Wildman–Crippen MR) is 118 cm³/mol. The quantitative estimate of drug-likeness (QED) is 0.435. The lowest BCUT2D eigenvalue weighted by Gasteiger charge is -2.25. The summed E-state index contributed by atoms with van der Waals surface area (Å²) in [7, 11) is 0. The zero-order valence-corrected chi connectivity index (χ0v) is 18.2. The number of carbonyl (C=O) groups excluding carboxylic acids is 2. The highest BCUT2D eigenvalue weighted by molar-refractivity contribution is 6.14. The predicted octanol–water partition coefficient (Wildman–Crippen LogP) is 4.14. The molecular formula is C23H21F3N4O5. The topological polar surface area (TPSA) is 137 Å². The summed E-state index contributed by atoms with van der Waals surface area (Å²) in [4.78, 5) is 37.6. The van der Waals surface area contributed by atoms with Gasteiger partial charge < -0.3 is 20.5 Å². The van der Waals surface area contributed by atoms with Gasteiger partial charge in [0.2, 0.25) is 5.96 Å². The number of ether oxygens (including phenoxy) is 1. The highest BCUT2D eigenvalue weighted by Gasteiger charge is 2.37. The van der Waals surface area contributed by atoms with Crippen molar-refractivity contribution in [3.63, 3.8) is 0 Å². The molecule has 0 aromatic heterocycles. The molecule has 2 aromatic carbocycles. The van der Waals surface area contributed by atoms with Crippen LogP contribution >= 0.6 is 0 Å². The Kier molecular flexibility index (Phi) is 7.43. The fourth-order valence-corrected chi connectivity index (χ4v) is 3.48. The first-order chi connectivity index (χ1) is 16.5. The van der Waals surface area contributed by atoms with Crippen LogP contribution in [0.15, 0.2) is 54.6 Å². The van der Waals surface area contributed by atoms with Gasteiger partial charge in [-0.2, -0.15) is 18.1 Å². The molecule has 9 nitrogen and oxygen atoms in total. The van der Waals surface area contributed by atoms with Crippen LogP contribution in [-0.2, 0) is 17.5 Å². The minimum atomic E-state index is -4.86. The number of halogens is 3. The van der Waals surface area contributed by atoms with Crippen molar-refractivity contribution in [2.45, 2.75) is 19.2 Å². The van der Waals surface area contributed by atoms with Crippen LogP contribution in [0.4, 0.5) is 22.8 Å². The second kappa shape index (κ2) is 10.3. The van der Waals surface area contributed by atoms with E-state index in [0.717, 1.165) is 17.0 Å². The fraction of sp³-hybridized carbons (Fsp3) is 0.217. The second-order valence-electron chi connectivity index (χ2n) is 7.53. The molecule has 35 heavy (non-hydrogen) atoms. The number of carbonyl (C=O) groups is 3. The van der Waals surface area contributed by atoms with Gasteiger partial charge in [0.05, 0.1) is 5.56 Å². The first-order valence-electron chi connectivity index (χ1n) is 10.3. The summed E-state index contributed by atoms with van der Waals surface area (Å²) >= 11 is 0. The van der Waals surface area contributed by atoms with E-state index in [4.69, 9.17) is 21.0 Å². The minimum Gasteiger partial charge on any atom is -0.465 e. The molecule has 2 aromatic rings. The fourth-order valence-electron chi connectivity index (χ4n) is 3.48. The highest BCUT2D eigenvalue weighted by atomic mass is 19.4. The highest BCUT2D eigenvalue weighted by Crippen LogP contribution is 2.37. The minimum absolute atomic E-state index is 0.0184. The molecule has 3 amide bonds. The van der Waals surface area contributed by atoms with Crippen molar-refractivity contribution in [1.82, 2.24) is 9.80 Å². The number of carboxylic acid groups (broad SMARTS) is 1. The molecule has 0 radical (unpaired) electrons. The number of rotatable bonds is 4. The maximum Gasteiger partial charge on any atom is 0.424 e. The number of hydrogen-bond acceptors (Lipinski definition) is 5. The van der Waals surface area contributed by atoms with Gasteiger partial charge in [-0.1, -0.05) is 42.5 Å². The molecule has 12 heteroatoms. The van der Waals surface area contributed by atoms with Crippen LogP contribution in [0.3, 0.4) is 0 Å². The number of amides is 3. The third kappa shape index (κ3) is 5.96. The van der Waals surface area contributed by atoms with Crippen molar-refractivity contribution in [3.05, 3.63) is 76.9 Å². The Labute approximate surface area is 197 Å². The van der Waals surface area contributed by atoms with E-state index in [2.05, 4.69) is 0 Å². The van der Waals surface area contributed by atoms with Crippen molar-refractivity contribution >= 4 is 29.6 Å². The Balaban J connectivity index is 1.88. The Morgan fingerprint density at radius 2 is 1.83 bits per heavy atom. The third-order valence-corrected chi connectivity index (χ3v) is 5.23. The number of imide groups is 1. The number of benzene rings is 2. The molecule has 0 unspecified atom stereocenters. The first-order valence-corrected chi connectivity index (χ1v) is 10.3. The van der Waals surface area contributed by atoms with Gasteiger partial charge in [0.15, 0.2) is 0 Å². The zero-order chi connectivity index (χ0) is 25.8. The number of nitrogens with two attached hydrogens (primary N) is 1. The van der Waals surface area contributed by atoms with Crippen LogP contribution < -0.4 is 5.73 Å². The molecule has 3 rings (SSSR count). The van der Waals surface area contributed by atoms with Crippen LogP contribution in [0, 0.1) is 5.41 Å². The number of hydrogen-bond donors (Lipinski definition) is 3. The monoisotopic (exact) mass is 490 g/mol. The van der Waals surface area contributed by atoms with Gasteiger partial charge in [-0.3, -0.25) is 10.2 Å². The van der Waals surface area contributed by atoms with Gasteiger partial charge in [0.25, 0.3) is 5.91 Å². The van der Waals surface area contributed by atoms with Crippen molar-refractivity contribution in [2.75, 3.05) is 13.1 Å². The summed E-state index contributed by atoms with van der Waals surface area (Å²) in [5.41, 5.74) is 4.34. The lowest BCUT2D eigenvalue weighted by Crippen LogP contribution is -2.45. The average molecular weight is 490 g/mol. The molecular weight excluding hydrogens is 469 g/mol. The Morgan fingerprint density at radius 1 is 1.14 bits per heavy atom. The molecule has 1 aliphatic heterocycles. The smallest absolute Gasteiger partial charge is 0.424 e. The summed E-state index contributed by atoms with van der Waals surface area (Å²) in [5, 5.41) is 16.6. The van der Waals surface area contributed by atoms with E-state index >= 15 is 0 Å². The van der Waals surface area contributed by atoms with Crippen molar-refractivity contribution in [1.29, 1.82) is 5.41 Å². The normalized spacial score (nSPS) is 13.6. The van der Waals surface area contributed by atoms with Crippen molar-refractivity contribution < 1.29 is 37.4 Å². The zero-order valence-electron chi connectivity index (χ0n) is 18.2. The Hall–Kier alpha value is -4.35. The molecule has 1 heterocycles. The standard InChI is InChI=1S/C23H21F3N4O5/c24-23(25,26)18-12-16(6-7-17(18)15-8-10-29(11-9-15)21(32)33)19(31)30(20(27)28)22(34)35-13-14-4-2-1-3-5-14/h1-8,12H,9-11,13H2,(H3,27,28)(H,32,33). The van der Waals surface area contributed by atoms with E-state index in [1.54, 1.807) is 30.3 Å². The molecule has 1 aliphatic rings. The van der Waals surface area contributed by atoms with Gasteiger partial charge >= 0.3 is 18.4 Å². The first kappa shape index (κ1) is 25.3. The Bertz CT molecular complexity index is 1180. The summed E-state index contributed by atoms with van der Waals surface area (Å²) < 4.78 is 46.6. The molecule has 0 aliphatic carbocycles. The average Bonchev–Trinajstić information content (AvgIpc) is 2.82. The van der Waals surface area contributed by atoms with Crippen LogP contribution in [0.2, 0.25) is 0 Å². The maximum atomic E-state index is 13.9. The summed E-state index contributed by atoms with van der Waals surface area (Å²) in [6, 6.07) is 11.2. The van der Waals surface area contributed by atoms with E-state index in [0.29, 0.717) is 11.6 Å². The molecule has 0 spiro atoms. The van der Waals surface area contributed by atoms with Crippen molar-refractivity contribution in [3.8, 4) is 0 Å². The second-order valence-corrected chi connectivity index (χ2v) is 7.53. The molecule has 4 N–H and O–H groups in total. The summed E-state index contributed by atoms with van der Waals surface area (Å²) in [6.45, 7) is -0.302. The molecule has 0 atom stereocenters. The van der Waals surface area contributed by atoms with Gasteiger partial charge in [-0.15, -0.1) is 0 Å². The van der Waals surface area contributed by atoms with Crippen molar-refractivity contribution in [2.24, 2.45) is 5.73 Å². The summed E-state index contributed by atoms with van der Waals surface area (Å²) in [5.74, 6) is -2.28. The molecule has 184 valence electrons. The maximum absolute atomic E-state index is 13.9. The molecule has 0 saturated carbocycles. The van der Waals surface area contributed by atoms with Gasteiger partial charge in [0.1, 0.15) is 6.61 Å². The molecule has 0 fully saturated rings. The van der Waals surface area contributed by atoms with Gasteiger partial charge in [0, 0.05) is 18.7 Å². The number of alkyl halides is 3. The SMILES string of the molecule is N=C(N)N(C(=O)OCc1ccccc1)C(=O)c1ccc(C2=CCN(C(=O)O)CC2)c(C(F)(F)F)c1. The van der Waals surface area contributed by atoms with E-state index in [1.165, 1.54) is 6.08 Å². The molecule has 0 bridgehead atoms. The molecule has 0 saturated heterocycles. The van der Waals surface area contributed by atoms with Crippen LogP contribution in [0.25, 0.3) is 5.57 Å². The Morgan fingerprint density at radius 3 is 2.37 bits per heavy atom. The van der Waals surface area contributed by atoms with Crippen LogP contribution in [-0.4, -0.2) is 52.0 Å². The number of nitrogens with one attached hydrogen (secondary N) is 1.